The Balaban J connectivity index is 1.98. The number of thiazole rings is 1. The molecule has 6 heteroatoms. The lowest BCUT2D eigenvalue weighted by Crippen LogP contribution is -2.22. The van der Waals surface area contributed by atoms with Crippen LogP contribution in [-0.2, 0) is 4.84 Å². The topological polar surface area (TPSA) is 67.3 Å². The third kappa shape index (κ3) is 2.97. The van der Waals surface area contributed by atoms with Gasteiger partial charge in [0.05, 0.1) is 5.56 Å². The molecule has 0 saturated carbocycles. The fourth-order valence-electron chi connectivity index (χ4n) is 2.52. The van der Waals surface area contributed by atoms with Gasteiger partial charge in [0, 0.05) is 27.9 Å². The Hall–Kier alpha value is -2.47. The first kappa shape index (κ1) is 16.4. The number of H-pyrrole nitrogens is 1. The molecule has 0 aliphatic heterocycles. The van der Waals surface area contributed by atoms with E-state index < -0.39 is 0 Å². The molecule has 24 heavy (non-hydrogen) atoms. The molecular weight excluding hydrogens is 322 g/mol. The highest BCUT2D eigenvalue weighted by Crippen LogP contribution is 2.26. The normalized spacial score (nSPS) is 12.6. The molecule has 0 amide bonds. The van der Waals surface area contributed by atoms with Gasteiger partial charge in [-0.1, -0.05) is 44.1 Å². The number of oxime groups is 1. The number of para-hydroxylation sites is 1. The molecule has 1 N–H and O–H groups in total. The minimum absolute atomic E-state index is 0.0885. The Morgan fingerprint density at radius 1 is 1.29 bits per heavy atom. The maximum absolute atomic E-state index is 12.8. The minimum Gasteiger partial charge on any atom is -0.399 e. The van der Waals surface area contributed by atoms with Crippen molar-refractivity contribution < 1.29 is 9.63 Å². The number of hydrogen-bond acceptors (Lipinski definition) is 5. The highest BCUT2D eigenvalue weighted by atomic mass is 32.1. The maximum atomic E-state index is 12.8. The molecule has 5 nitrogen and oxygen atoms in total. The molecule has 124 valence electrons. The van der Waals surface area contributed by atoms with E-state index in [-0.39, 0.29) is 11.2 Å². The van der Waals surface area contributed by atoms with E-state index >= 15 is 0 Å². The van der Waals surface area contributed by atoms with Crippen molar-refractivity contribution in [3.63, 3.8) is 0 Å². The van der Waals surface area contributed by atoms with Crippen LogP contribution in [0.2, 0.25) is 0 Å². The Morgan fingerprint density at radius 2 is 2.04 bits per heavy atom. The van der Waals surface area contributed by atoms with Gasteiger partial charge in [0.2, 0.25) is 5.78 Å². The monoisotopic (exact) mass is 341 g/mol. The minimum atomic E-state index is -0.231. The molecule has 2 aromatic heterocycles. The van der Waals surface area contributed by atoms with Crippen molar-refractivity contribution in [1.82, 2.24) is 9.97 Å². The summed E-state index contributed by atoms with van der Waals surface area (Å²) in [5.74, 6) is -0.0885. The van der Waals surface area contributed by atoms with Gasteiger partial charge in [0.25, 0.3) is 0 Å². The van der Waals surface area contributed by atoms with E-state index in [0.29, 0.717) is 16.3 Å². The molecule has 0 aliphatic carbocycles. The first-order chi connectivity index (χ1) is 11.4. The molecular formula is C18H19N3O2S. The van der Waals surface area contributed by atoms with Crippen LogP contribution < -0.4 is 0 Å². The van der Waals surface area contributed by atoms with Gasteiger partial charge in [-0.25, -0.2) is 4.98 Å². The number of fused-ring (bicyclic) bond motifs is 1. The summed E-state index contributed by atoms with van der Waals surface area (Å²) in [6, 6.07) is 7.73. The second-order valence-electron chi connectivity index (χ2n) is 6.49. The third-order valence-corrected chi connectivity index (χ3v) is 4.51. The van der Waals surface area contributed by atoms with Crippen LogP contribution in [0, 0.1) is 5.41 Å². The lowest BCUT2D eigenvalue weighted by molar-refractivity contribution is 0.104. The molecule has 0 aliphatic rings. The zero-order valence-electron chi connectivity index (χ0n) is 14.1. The number of carbonyl (C=O) groups excluding carboxylic acids is 1. The average Bonchev–Trinajstić information content (AvgIpc) is 3.18. The number of nitrogens with one attached hydrogen (secondary N) is 1. The van der Waals surface area contributed by atoms with E-state index in [9.17, 15) is 4.79 Å². The highest BCUT2D eigenvalue weighted by Gasteiger charge is 2.26. The molecule has 0 radical (unpaired) electrons. The number of aromatic amines is 1. The van der Waals surface area contributed by atoms with Crippen molar-refractivity contribution in [3.8, 4) is 0 Å². The standard InChI is InChI=1S/C18H19N3O2S/c1-18(2,3)16(21-23-4)14-10-24-17(20-14)15(22)12-9-19-13-8-6-5-7-11(12)13/h5-10,19H,1-4H3. The first-order valence-corrected chi connectivity index (χ1v) is 8.48. The van der Waals surface area contributed by atoms with Crippen LogP contribution in [0.3, 0.4) is 0 Å². The lowest BCUT2D eigenvalue weighted by atomic mass is 9.88. The maximum Gasteiger partial charge on any atom is 0.223 e. The fraction of sp³-hybridized carbons (Fsp3) is 0.278. The van der Waals surface area contributed by atoms with Crippen molar-refractivity contribution in [2.75, 3.05) is 7.11 Å². The number of benzene rings is 1. The fourth-order valence-corrected chi connectivity index (χ4v) is 3.28. The predicted octanol–water partition coefficient (Wildman–Crippen LogP) is 4.25. The average molecular weight is 341 g/mol. The number of aromatic nitrogens is 2. The number of hydrogen-bond donors (Lipinski definition) is 1. The lowest BCUT2D eigenvalue weighted by Gasteiger charge is -2.18. The quantitative estimate of drug-likeness (QED) is 0.438. The van der Waals surface area contributed by atoms with Crippen LogP contribution in [0.1, 0.15) is 41.8 Å². The second-order valence-corrected chi connectivity index (χ2v) is 7.35. The van der Waals surface area contributed by atoms with E-state index in [0.717, 1.165) is 16.6 Å². The molecule has 0 spiro atoms. The zero-order valence-corrected chi connectivity index (χ0v) is 14.9. The Bertz CT molecular complexity index is 916. The molecule has 0 fully saturated rings. The first-order valence-electron chi connectivity index (χ1n) is 7.60. The molecule has 2 heterocycles. The van der Waals surface area contributed by atoms with Gasteiger partial charge in [0.15, 0.2) is 5.01 Å². The van der Waals surface area contributed by atoms with Crippen LogP contribution in [0.4, 0.5) is 0 Å². The highest BCUT2D eigenvalue weighted by molar-refractivity contribution is 7.12. The van der Waals surface area contributed by atoms with E-state index in [4.69, 9.17) is 4.84 Å². The van der Waals surface area contributed by atoms with Crippen molar-refractivity contribution in [3.05, 3.63) is 52.1 Å². The molecule has 0 unspecified atom stereocenters. The van der Waals surface area contributed by atoms with Crippen LogP contribution in [-0.4, -0.2) is 28.6 Å². The molecule has 0 saturated heterocycles. The SMILES string of the molecule is CON=C(c1csc(C(=O)c2c[nH]c3ccccc23)n1)C(C)(C)C. The summed E-state index contributed by atoms with van der Waals surface area (Å²) in [6.07, 6.45) is 1.74. The number of nitrogens with zero attached hydrogens (tertiary/aromatic N) is 2. The molecule has 0 bridgehead atoms. The van der Waals surface area contributed by atoms with Crippen molar-refractivity contribution in [2.24, 2.45) is 10.6 Å². The third-order valence-electron chi connectivity index (χ3n) is 3.67. The van der Waals surface area contributed by atoms with Gasteiger partial charge in [0.1, 0.15) is 18.5 Å². The summed E-state index contributed by atoms with van der Waals surface area (Å²) in [5, 5.41) is 7.30. The van der Waals surface area contributed by atoms with E-state index in [2.05, 4.69) is 15.1 Å². The van der Waals surface area contributed by atoms with Crippen LogP contribution in [0.15, 0.2) is 41.0 Å². The van der Waals surface area contributed by atoms with Gasteiger partial charge in [-0.3, -0.25) is 4.79 Å². The van der Waals surface area contributed by atoms with Gasteiger partial charge >= 0.3 is 0 Å². The van der Waals surface area contributed by atoms with Crippen LogP contribution in [0.25, 0.3) is 10.9 Å². The summed E-state index contributed by atoms with van der Waals surface area (Å²) in [5.41, 5.74) is 2.74. The molecule has 1 aromatic carbocycles. The van der Waals surface area contributed by atoms with Crippen LogP contribution in [0.5, 0.6) is 0 Å². The summed E-state index contributed by atoms with van der Waals surface area (Å²) >= 11 is 1.32. The molecule has 0 atom stereocenters. The number of rotatable bonds is 4. The molecule has 3 rings (SSSR count). The largest absolute Gasteiger partial charge is 0.399 e. The van der Waals surface area contributed by atoms with Crippen LogP contribution >= 0.6 is 11.3 Å². The Kier molecular flexibility index (Phi) is 4.24. The smallest absolute Gasteiger partial charge is 0.223 e. The van der Waals surface area contributed by atoms with Gasteiger partial charge < -0.3 is 9.82 Å². The van der Waals surface area contributed by atoms with Gasteiger partial charge in [-0.05, 0) is 6.07 Å². The summed E-state index contributed by atoms with van der Waals surface area (Å²) in [7, 11) is 1.51. The Labute approximate surface area is 144 Å². The van der Waals surface area contributed by atoms with Crippen molar-refractivity contribution in [2.45, 2.75) is 20.8 Å². The van der Waals surface area contributed by atoms with Gasteiger partial charge in [-0.2, -0.15) is 0 Å². The second kappa shape index (κ2) is 6.20. The zero-order chi connectivity index (χ0) is 17.3. The van der Waals surface area contributed by atoms with E-state index in [1.54, 1.807) is 6.20 Å². The summed E-state index contributed by atoms with van der Waals surface area (Å²) in [6.45, 7) is 6.10. The predicted molar refractivity (Wildman–Crippen MR) is 96.8 cm³/mol. The van der Waals surface area contributed by atoms with Crippen molar-refractivity contribution in [1.29, 1.82) is 0 Å². The number of ketones is 1. The van der Waals surface area contributed by atoms with E-state index in [1.807, 2.05) is 50.4 Å². The van der Waals surface area contributed by atoms with Crippen molar-refractivity contribution >= 4 is 33.7 Å². The Morgan fingerprint density at radius 3 is 2.75 bits per heavy atom. The van der Waals surface area contributed by atoms with Gasteiger partial charge in [-0.15, -0.1) is 11.3 Å². The summed E-state index contributed by atoms with van der Waals surface area (Å²) < 4.78 is 0. The number of carbonyl (C=O) groups is 1. The molecule has 3 aromatic rings. The van der Waals surface area contributed by atoms with E-state index in [1.165, 1.54) is 18.4 Å². The summed E-state index contributed by atoms with van der Waals surface area (Å²) in [4.78, 5) is 25.4.